The van der Waals surface area contributed by atoms with Gasteiger partial charge in [0.15, 0.2) is 11.3 Å². The Morgan fingerprint density at radius 2 is 1.47 bits per heavy atom. The third-order valence-corrected chi connectivity index (χ3v) is 5.16. The number of aromatic nitrogens is 4. The first kappa shape index (κ1) is 20.9. The lowest BCUT2D eigenvalue weighted by molar-refractivity contribution is -0.394. The number of nitrogens with zero attached hydrogens (tertiary/aromatic N) is 6. The van der Waals surface area contributed by atoms with Crippen molar-refractivity contribution in [2.24, 2.45) is 0 Å². The summed E-state index contributed by atoms with van der Waals surface area (Å²) in [5, 5.41) is 22.9. The Hall–Kier alpha value is -4.93. The molecule has 11 nitrogen and oxygen atoms in total. The van der Waals surface area contributed by atoms with Crippen LogP contribution in [0.3, 0.4) is 0 Å². The van der Waals surface area contributed by atoms with E-state index in [0.717, 1.165) is 6.07 Å². The number of ether oxygens (including phenoxy) is 1. The number of non-ortho nitro benzene ring substituents is 2. The van der Waals surface area contributed by atoms with Crippen molar-refractivity contribution < 1.29 is 14.6 Å². The van der Waals surface area contributed by atoms with Crippen LogP contribution in [0.15, 0.2) is 66.7 Å². The highest BCUT2D eigenvalue weighted by atomic mass is 16.6. The van der Waals surface area contributed by atoms with Gasteiger partial charge in [-0.25, -0.2) is 15.0 Å². The van der Waals surface area contributed by atoms with Gasteiger partial charge in [-0.1, -0.05) is 12.1 Å². The summed E-state index contributed by atoms with van der Waals surface area (Å²) in [6.07, 6.45) is 0. The zero-order valence-electron chi connectivity index (χ0n) is 17.8. The van der Waals surface area contributed by atoms with Crippen molar-refractivity contribution in [3.05, 3.63) is 87.0 Å². The second kappa shape index (κ2) is 8.20. The van der Waals surface area contributed by atoms with Gasteiger partial charge in [-0.05, 0) is 43.3 Å². The van der Waals surface area contributed by atoms with Crippen LogP contribution < -0.4 is 4.74 Å². The quantitative estimate of drug-likeness (QED) is 0.261. The normalized spacial score (nSPS) is 11.1. The number of rotatable bonds is 6. The fourth-order valence-electron chi connectivity index (χ4n) is 3.69. The van der Waals surface area contributed by atoms with Crippen LogP contribution in [0.25, 0.3) is 39.4 Å². The number of fused-ring (bicyclic) bond motifs is 2. The first-order valence-corrected chi connectivity index (χ1v) is 10.3. The number of nitro groups is 2. The molecule has 0 saturated heterocycles. The average Bonchev–Trinajstić information content (AvgIpc) is 3.21. The highest BCUT2D eigenvalue weighted by Gasteiger charge is 2.23. The number of hydrogen-bond donors (Lipinski definition) is 0. The lowest BCUT2D eigenvalue weighted by atomic mass is 10.1. The molecule has 2 aromatic heterocycles. The van der Waals surface area contributed by atoms with Gasteiger partial charge >= 0.3 is 0 Å². The minimum Gasteiger partial charge on any atom is -0.494 e. The standard InChI is InChI=1S/C23H16N6O5/c1-2-34-18-9-7-15(8-10-18)27-22(14-11-16(28(30)31)13-17(12-14)29(32)33)26-21-23(27)25-20-6-4-3-5-19(20)24-21/h3-13H,2H2,1H3. The van der Waals surface area contributed by atoms with Crippen LogP contribution in [0, 0.1) is 20.2 Å². The van der Waals surface area contributed by atoms with E-state index >= 15 is 0 Å². The van der Waals surface area contributed by atoms with E-state index in [1.54, 1.807) is 34.9 Å². The number of imidazole rings is 1. The SMILES string of the molecule is CCOc1ccc(-n2c(-c3cc([N+](=O)[O-])cc([N+](=O)[O-])c3)nc3nc4ccccc4nc32)cc1. The summed E-state index contributed by atoms with van der Waals surface area (Å²) in [4.78, 5) is 35.5. The van der Waals surface area contributed by atoms with Crippen molar-refractivity contribution in [3.63, 3.8) is 0 Å². The van der Waals surface area contributed by atoms with Crippen molar-refractivity contribution in [2.75, 3.05) is 6.61 Å². The minimum atomic E-state index is -0.675. The van der Waals surface area contributed by atoms with Crippen molar-refractivity contribution in [1.82, 2.24) is 19.5 Å². The summed E-state index contributed by atoms with van der Waals surface area (Å²) in [5.41, 5.74) is 1.98. The summed E-state index contributed by atoms with van der Waals surface area (Å²) in [6, 6.07) is 17.8. The molecule has 0 atom stereocenters. The maximum absolute atomic E-state index is 11.5. The zero-order chi connectivity index (χ0) is 23.8. The van der Waals surface area contributed by atoms with Crippen molar-refractivity contribution in [3.8, 4) is 22.8 Å². The molecule has 0 N–H and O–H groups in total. The molecule has 0 saturated carbocycles. The highest BCUT2D eigenvalue weighted by molar-refractivity contribution is 5.86. The molecule has 11 heteroatoms. The molecule has 0 fully saturated rings. The van der Waals surface area contributed by atoms with Gasteiger partial charge in [-0.3, -0.25) is 24.8 Å². The summed E-state index contributed by atoms with van der Waals surface area (Å²) >= 11 is 0. The molecule has 0 bridgehead atoms. The van der Waals surface area contributed by atoms with E-state index in [1.807, 2.05) is 25.1 Å². The van der Waals surface area contributed by atoms with E-state index in [9.17, 15) is 20.2 Å². The smallest absolute Gasteiger partial charge is 0.277 e. The number of benzene rings is 3. The van der Waals surface area contributed by atoms with Gasteiger partial charge in [0.05, 0.1) is 33.6 Å². The van der Waals surface area contributed by atoms with Crippen LogP contribution in [-0.4, -0.2) is 36.0 Å². The molecule has 0 spiro atoms. The average molecular weight is 456 g/mol. The van der Waals surface area contributed by atoms with Gasteiger partial charge in [0.1, 0.15) is 11.6 Å². The van der Waals surface area contributed by atoms with Gasteiger partial charge < -0.3 is 4.74 Å². The summed E-state index contributed by atoms with van der Waals surface area (Å²) in [5.74, 6) is 0.904. The lowest BCUT2D eigenvalue weighted by Gasteiger charge is -2.10. The van der Waals surface area contributed by atoms with E-state index in [2.05, 4.69) is 9.97 Å². The van der Waals surface area contributed by atoms with Crippen LogP contribution in [0.5, 0.6) is 5.75 Å². The van der Waals surface area contributed by atoms with E-state index in [0.29, 0.717) is 40.4 Å². The van der Waals surface area contributed by atoms with Gasteiger partial charge in [-0.2, -0.15) is 0 Å². The first-order valence-electron chi connectivity index (χ1n) is 10.3. The Labute approximate surface area is 191 Å². The Morgan fingerprint density at radius 1 is 0.853 bits per heavy atom. The third kappa shape index (κ3) is 3.64. The van der Waals surface area contributed by atoms with Crippen LogP contribution in [-0.2, 0) is 0 Å². The van der Waals surface area contributed by atoms with Crippen LogP contribution >= 0.6 is 0 Å². The van der Waals surface area contributed by atoms with Crippen molar-refractivity contribution in [2.45, 2.75) is 6.92 Å². The van der Waals surface area contributed by atoms with Crippen LogP contribution in [0.4, 0.5) is 11.4 Å². The molecule has 0 aliphatic carbocycles. The Balaban J connectivity index is 1.82. The summed E-state index contributed by atoms with van der Waals surface area (Å²) < 4.78 is 7.19. The number of hydrogen-bond acceptors (Lipinski definition) is 8. The maximum atomic E-state index is 11.5. The van der Waals surface area contributed by atoms with E-state index < -0.39 is 21.2 Å². The largest absolute Gasteiger partial charge is 0.494 e. The second-order valence-corrected chi connectivity index (χ2v) is 7.31. The molecule has 0 amide bonds. The molecule has 0 radical (unpaired) electrons. The van der Waals surface area contributed by atoms with Gasteiger partial charge in [0.2, 0.25) is 0 Å². The molecule has 168 valence electrons. The van der Waals surface area contributed by atoms with Crippen LogP contribution in [0.1, 0.15) is 6.92 Å². The molecule has 5 rings (SSSR count). The van der Waals surface area contributed by atoms with Gasteiger partial charge in [0, 0.05) is 23.4 Å². The number of para-hydroxylation sites is 2. The molecule has 0 aliphatic rings. The van der Waals surface area contributed by atoms with Crippen molar-refractivity contribution in [1.29, 1.82) is 0 Å². The van der Waals surface area contributed by atoms with E-state index in [1.165, 1.54) is 12.1 Å². The molecule has 3 aromatic carbocycles. The predicted octanol–water partition coefficient (Wildman–Crippen LogP) is 4.85. The van der Waals surface area contributed by atoms with Crippen molar-refractivity contribution >= 4 is 33.7 Å². The van der Waals surface area contributed by atoms with E-state index in [-0.39, 0.29) is 11.4 Å². The fourth-order valence-corrected chi connectivity index (χ4v) is 3.69. The van der Waals surface area contributed by atoms with Gasteiger partial charge in [0.25, 0.3) is 11.4 Å². The fraction of sp³-hybridized carbons (Fsp3) is 0.0870. The van der Waals surface area contributed by atoms with E-state index in [4.69, 9.17) is 9.72 Å². The summed E-state index contributed by atoms with van der Waals surface area (Å²) in [7, 11) is 0. The minimum absolute atomic E-state index is 0.193. The molecule has 5 aromatic rings. The highest BCUT2D eigenvalue weighted by Crippen LogP contribution is 2.33. The Morgan fingerprint density at radius 3 is 2.06 bits per heavy atom. The predicted molar refractivity (Wildman–Crippen MR) is 124 cm³/mol. The first-order chi connectivity index (χ1) is 16.4. The number of nitro benzene ring substituents is 2. The molecular weight excluding hydrogens is 440 g/mol. The third-order valence-electron chi connectivity index (χ3n) is 5.16. The topological polar surface area (TPSA) is 139 Å². The molecule has 2 heterocycles. The Kier molecular flexibility index (Phi) is 5.05. The second-order valence-electron chi connectivity index (χ2n) is 7.31. The molecule has 0 aliphatic heterocycles. The molecule has 34 heavy (non-hydrogen) atoms. The summed E-state index contributed by atoms with van der Waals surface area (Å²) in [6.45, 7) is 2.39. The van der Waals surface area contributed by atoms with Crippen LogP contribution in [0.2, 0.25) is 0 Å². The maximum Gasteiger partial charge on any atom is 0.277 e. The monoisotopic (exact) mass is 456 g/mol. The van der Waals surface area contributed by atoms with Gasteiger partial charge in [-0.15, -0.1) is 0 Å². The lowest BCUT2D eigenvalue weighted by Crippen LogP contribution is -2.01. The molecular formula is C23H16N6O5. The zero-order valence-corrected chi connectivity index (χ0v) is 17.8. The molecule has 0 unspecified atom stereocenters. The Bertz CT molecular complexity index is 1550.